The molecule has 8 heteroatoms. The number of alkyl halides is 3. The Bertz CT molecular complexity index is 1470. The number of hydrogen-bond acceptors (Lipinski definition) is 4. The molecule has 1 N–H and O–H groups in total. The van der Waals surface area contributed by atoms with Crippen molar-refractivity contribution in [1.29, 1.82) is 0 Å². The summed E-state index contributed by atoms with van der Waals surface area (Å²) in [4.78, 5) is 25.8. The van der Waals surface area contributed by atoms with Crippen LogP contribution in [0.3, 0.4) is 0 Å². The van der Waals surface area contributed by atoms with Crippen LogP contribution in [0.4, 0.5) is 13.2 Å². The molecular formula is C27H20F3NO4. The molecule has 4 aromatic rings. The molecule has 0 aliphatic carbocycles. The number of halogens is 3. The van der Waals surface area contributed by atoms with E-state index in [9.17, 15) is 22.8 Å². The first-order valence-corrected chi connectivity index (χ1v) is 11.0. The highest BCUT2D eigenvalue weighted by atomic mass is 19.4. The zero-order valence-corrected chi connectivity index (χ0v) is 18.4. The molecule has 3 aromatic carbocycles. The van der Waals surface area contributed by atoms with Gasteiger partial charge in [0.15, 0.2) is 5.43 Å². The van der Waals surface area contributed by atoms with Crippen LogP contribution >= 0.6 is 0 Å². The van der Waals surface area contributed by atoms with Crippen molar-refractivity contribution in [2.45, 2.75) is 12.7 Å². The summed E-state index contributed by atoms with van der Waals surface area (Å²) in [5.74, 6) is -1.15. The van der Waals surface area contributed by atoms with E-state index in [-0.39, 0.29) is 33.8 Å². The Labute approximate surface area is 198 Å². The van der Waals surface area contributed by atoms with Crippen molar-refractivity contribution in [1.82, 2.24) is 4.90 Å². The van der Waals surface area contributed by atoms with Gasteiger partial charge in [-0.25, -0.2) is 0 Å². The van der Waals surface area contributed by atoms with Gasteiger partial charge in [-0.05, 0) is 34.9 Å². The zero-order chi connectivity index (χ0) is 24.7. The Morgan fingerprint density at radius 3 is 2.40 bits per heavy atom. The third-order valence-corrected chi connectivity index (χ3v) is 6.20. The Morgan fingerprint density at radius 2 is 1.71 bits per heavy atom. The van der Waals surface area contributed by atoms with Crippen LogP contribution in [0.2, 0.25) is 0 Å². The lowest BCUT2D eigenvalue weighted by Gasteiger charge is -2.36. The van der Waals surface area contributed by atoms with Gasteiger partial charge in [-0.3, -0.25) is 14.5 Å². The summed E-state index contributed by atoms with van der Waals surface area (Å²) in [5, 5.41) is 9.32. The van der Waals surface area contributed by atoms with Gasteiger partial charge in [-0.2, -0.15) is 13.2 Å². The standard InChI is InChI=1S/C27H20F3NO4/c28-27(29,30)22-11-18(7-8-20(22)17-4-2-1-3-5-17)25-12-23(32)21-10-16(6-9-24(21)35-25)13-31-14-19(15-31)26(33)34/h1-12,19H,13-15H2,(H,33,34). The van der Waals surface area contributed by atoms with Crippen molar-refractivity contribution in [3.05, 3.63) is 94.1 Å². The van der Waals surface area contributed by atoms with E-state index >= 15 is 0 Å². The van der Waals surface area contributed by atoms with E-state index in [4.69, 9.17) is 9.52 Å². The minimum Gasteiger partial charge on any atom is -0.481 e. The molecule has 5 nitrogen and oxygen atoms in total. The molecule has 1 saturated heterocycles. The number of carbonyl (C=O) groups is 1. The van der Waals surface area contributed by atoms with E-state index in [1.807, 2.05) is 4.90 Å². The molecule has 1 aliphatic heterocycles. The molecule has 35 heavy (non-hydrogen) atoms. The summed E-state index contributed by atoms with van der Waals surface area (Å²) in [6.45, 7) is 1.39. The smallest absolute Gasteiger partial charge is 0.417 e. The molecule has 0 bridgehead atoms. The van der Waals surface area contributed by atoms with Crippen molar-refractivity contribution >= 4 is 16.9 Å². The highest BCUT2D eigenvalue weighted by Crippen LogP contribution is 2.39. The Balaban J connectivity index is 1.48. The number of fused-ring (bicyclic) bond motifs is 1. The van der Waals surface area contributed by atoms with Gasteiger partial charge in [-0.1, -0.05) is 48.5 Å². The van der Waals surface area contributed by atoms with Crippen LogP contribution in [-0.2, 0) is 17.5 Å². The maximum absolute atomic E-state index is 13.9. The molecule has 1 aromatic heterocycles. The van der Waals surface area contributed by atoms with E-state index in [1.165, 1.54) is 18.2 Å². The van der Waals surface area contributed by atoms with Gasteiger partial charge < -0.3 is 9.52 Å². The van der Waals surface area contributed by atoms with Crippen LogP contribution in [-0.4, -0.2) is 29.1 Å². The second-order valence-corrected chi connectivity index (χ2v) is 8.66. The highest BCUT2D eigenvalue weighted by Gasteiger charge is 2.34. The minimum atomic E-state index is -4.59. The number of carboxylic acids is 1. The summed E-state index contributed by atoms with van der Waals surface area (Å²) in [6, 6.07) is 18.5. The molecule has 5 rings (SSSR count). The van der Waals surface area contributed by atoms with Gasteiger partial charge >= 0.3 is 12.1 Å². The van der Waals surface area contributed by atoms with Crippen molar-refractivity contribution in [2.24, 2.45) is 5.92 Å². The average molecular weight is 479 g/mol. The number of benzene rings is 3. The molecule has 2 heterocycles. The zero-order valence-electron chi connectivity index (χ0n) is 18.4. The SMILES string of the molecule is O=C(O)C1CN(Cc2ccc3oc(-c4ccc(-c5ccccc5)c(C(F)(F)F)c4)cc(=O)c3c2)C1. The molecule has 0 spiro atoms. The van der Waals surface area contributed by atoms with E-state index in [1.54, 1.807) is 48.5 Å². The Hall–Kier alpha value is -3.91. The normalized spacial score (nSPS) is 14.7. The number of aliphatic carboxylic acids is 1. The van der Waals surface area contributed by atoms with Crippen LogP contribution in [0.15, 0.2) is 82.0 Å². The predicted octanol–water partition coefficient (Wildman–Crippen LogP) is 5.66. The summed E-state index contributed by atoms with van der Waals surface area (Å²) in [5.41, 5.74) is 0.558. The summed E-state index contributed by atoms with van der Waals surface area (Å²) >= 11 is 0. The lowest BCUT2D eigenvalue weighted by atomic mass is 9.96. The Kier molecular flexibility index (Phi) is 5.68. The number of nitrogens with zero attached hydrogens (tertiary/aromatic N) is 1. The topological polar surface area (TPSA) is 70.8 Å². The number of carboxylic acid groups (broad SMARTS) is 1. The molecule has 1 fully saturated rings. The largest absolute Gasteiger partial charge is 0.481 e. The summed E-state index contributed by atoms with van der Waals surface area (Å²) in [7, 11) is 0. The number of rotatable bonds is 5. The van der Waals surface area contributed by atoms with Crippen LogP contribution in [0.5, 0.6) is 0 Å². The van der Waals surface area contributed by atoms with Crippen molar-refractivity contribution < 1.29 is 27.5 Å². The monoisotopic (exact) mass is 479 g/mol. The van der Waals surface area contributed by atoms with Crippen LogP contribution in [0.1, 0.15) is 11.1 Å². The first-order valence-electron chi connectivity index (χ1n) is 11.0. The van der Waals surface area contributed by atoms with Crippen molar-refractivity contribution in [3.8, 4) is 22.5 Å². The molecule has 1 aliphatic rings. The molecular weight excluding hydrogens is 459 g/mol. The lowest BCUT2D eigenvalue weighted by molar-refractivity contribution is -0.147. The Morgan fingerprint density at radius 1 is 0.971 bits per heavy atom. The average Bonchev–Trinajstić information content (AvgIpc) is 2.80. The molecule has 0 saturated carbocycles. The predicted molar refractivity (Wildman–Crippen MR) is 125 cm³/mol. The molecule has 0 unspecified atom stereocenters. The third kappa shape index (κ3) is 4.57. The number of likely N-dealkylation sites (tertiary alicyclic amines) is 1. The third-order valence-electron chi connectivity index (χ3n) is 6.20. The van der Waals surface area contributed by atoms with Gasteiger partial charge in [0.25, 0.3) is 0 Å². The quantitative estimate of drug-likeness (QED) is 0.400. The fourth-order valence-electron chi connectivity index (χ4n) is 4.36. The molecule has 0 atom stereocenters. The number of hydrogen-bond donors (Lipinski definition) is 1. The maximum Gasteiger partial charge on any atom is 0.417 e. The molecule has 0 amide bonds. The van der Waals surface area contributed by atoms with E-state index in [2.05, 4.69) is 0 Å². The van der Waals surface area contributed by atoms with Crippen molar-refractivity contribution in [3.63, 3.8) is 0 Å². The lowest BCUT2D eigenvalue weighted by Crippen LogP contribution is -2.49. The second kappa shape index (κ2) is 8.70. The first kappa shape index (κ1) is 22.9. The summed E-state index contributed by atoms with van der Waals surface area (Å²) < 4.78 is 47.5. The highest BCUT2D eigenvalue weighted by molar-refractivity contribution is 5.80. The van der Waals surface area contributed by atoms with E-state index < -0.39 is 17.7 Å². The van der Waals surface area contributed by atoms with Gasteiger partial charge in [-0.15, -0.1) is 0 Å². The van der Waals surface area contributed by atoms with Crippen LogP contribution < -0.4 is 5.43 Å². The maximum atomic E-state index is 13.9. The minimum absolute atomic E-state index is 0.0470. The van der Waals surface area contributed by atoms with Gasteiger partial charge in [0.1, 0.15) is 11.3 Å². The van der Waals surface area contributed by atoms with Crippen LogP contribution in [0.25, 0.3) is 33.4 Å². The van der Waals surface area contributed by atoms with E-state index in [0.29, 0.717) is 30.6 Å². The van der Waals surface area contributed by atoms with Gasteiger partial charge in [0.05, 0.1) is 16.9 Å². The fourth-order valence-corrected chi connectivity index (χ4v) is 4.36. The van der Waals surface area contributed by atoms with Crippen molar-refractivity contribution in [2.75, 3.05) is 13.1 Å². The molecule has 178 valence electrons. The van der Waals surface area contributed by atoms with Gasteiger partial charge in [0.2, 0.25) is 0 Å². The van der Waals surface area contributed by atoms with E-state index in [0.717, 1.165) is 11.6 Å². The van der Waals surface area contributed by atoms with Gasteiger partial charge in [0, 0.05) is 31.3 Å². The fraction of sp³-hybridized carbons (Fsp3) is 0.185. The summed E-state index contributed by atoms with van der Waals surface area (Å²) in [6.07, 6.45) is -4.59. The first-order chi connectivity index (χ1) is 16.7. The second-order valence-electron chi connectivity index (χ2n) is 8.66. The van der Waals surface area contributed by atoms with Crippen LogP contribution in [0, 0.1) is 5.92 Å². The molecule has 0 radical (unpaired) electrons.